The Morgan fingerprint density at radius 1 is 0.767 bits per heavy atom. The van der Waals surface area contributed by atoms with Crippen LogP contribution in [0.2, 0.25) is 0 Å². The van der Waals surface area contributed by atoms with E-state index in [0.29, 0.717) is 36.0 Å². The van der Waals surface area contributed by atoms with Gasteiger partial charge in [-0.15, -0.1) is 0 Å². The van der Waals surface area contributed by atoms with Gasteiger partial charge >= 0.3 is 11.9 Å². The molecule has 1 saturated heterocycles. The number of hydrogen-bond donors (Lipinski definition) is 0. The summed E-state index contributed by atoms with van der Waals surface area (Å²) in [6, 6.07) is 13.7. The first-order valence-electron chi connectivity index (χ1n) is 15.3. The van der Waals surface area contributed by atoms with Crippen molar-refractivity contribution in [2.24, 2.45) is 22.2 Å². The van der Waals surface area contributed by atoms with Gasteiger partial charge in [-0.05, 0) is 78.6 Å². The zero-order valence-corrected chi connectivity index (χ0v) is 27.0. The number of hydrogen-bond acceptors (Lipinski definition) is 8. The molecule has 0 aromatic heterocycles. The largest absolute Gasteiger partial charge is 0.494 e. The first-order valence-corrected chi connectivity index (χ1v) is 15.3. The molecule has 238 valence electrons. The van der Waals surface area contributed by atoms with Gasteiger partial charge in [0.2, 0.25) is 0 Å². The van der Waals surface area contributed by atoms with Gasteiger partial charge in [0, 0.05) is 12.0 Å². The van der Waals surface area contributed by atoms with Crippen LogP contribution in [-0.4, -0.2) is 58.2 Å². The van der Waals surface area contributed by atoms with Crippen LogP contribution in [0.1, 0.15) is 78.1 Å². The number of carbonyl (C=O) groups excluding carboxylic acids is 2. The van der Waals surface area contributed by atoms with E-state index >= 15 is 0 Å². The Kier molecular flexibility index (Phi) is 12.5. The monoisotopic (exact) mass is 598 g/mol. The van der Waals surface area contributed by atoms with Crippen LogP contribution in [0.4, 0.5) is 0 Å². The molecule has 0 atom stereocenters. The minimum Gasteiger partial charge on any atom is -0.494 e. The van der Waals surface area contributed by atoms with E-state index in [1.54, 1.807) is 48.5 Å². The van der Waals surface area contributed by atoms with E-state index in [0.717, 1.165) is 39.1 Å². The highest BCUT2D eigenvalue weighted by molar-refractivity contribution is 5.91. The zero-order valence-electron chi connectivity index (χ0n) is 27.0. The summed E-state index contributed by atoms with van der Waals surface area (Å²) in [5.74, 6) is 0.780. The Morgan fingerprint density at radius 3 is 1.84 bits per heavy atom. The van der Waals surface area contributed by atoms with Crippen molar-refractivity contribution in [3.8, 4) is 17.2 Å². The summed E-state index contributed by atoms with van der Waals surface area (Å²) in [6.07, 6.45) is 2.90. The van der Waals surface area contributed by atoms with E-state index in [4.69, 9.17) is 28.4 Å². The van der Waals surface area contributed by atoms with E-state index in [1.807, 2.05) is 41.5 Å². The first-order chi connectivity index (χ1) is 20.3. The maximum Gasteiger partial charge on any atom is 0.343 e. The van der Waals surface area contributed by atoms with Crippen molar-refractivity contribution in [1.29, 1.82) is 0 Å². The standard InChI is InChI=1S/C35H50O8/c1-8-35(24-39-25-35)23-38-19-9-10-20-40-27-13-11-26(12-14-27)31(36)43-29-17-15-28(16-18-29)41-21-22-42-32(37)30(33(2,3)4)34(5,6)7/h11-18,30H,8-10,19-25H2,1-7H3. The summed E-state index contributed by atoms with van der Waals surface area (Å²) in [7, 11) is 0. The lowest BCUT2D eigenvalue weighted by atomic mass is 9.67. The fraction of sp³-hybridized carbons (Fsp3) is 0.600. The average molecular weight is 599 g/mol. The van der Waals surface area contributed by atoms with Gasteiger partial charge in [0.15, 0.2) is 0 Å². The summed E-state index contributed by atoms with van der Waals surface area (Å²) in [6.45, 7) is 18.5. The zero-order chi connectivity index (χ0) is 31.5. The highest BCUT2D eigenvalue weighted by atomic mass is 16.6. The molecule has 0 saturated carbocycles. The van der Waals surface area contributed by atoms with Crippen LogP contribution >= 0.6 is 0 Å². The number of unbranched alkanes of at least 4 members (excludes halogenated alkanes) is 1. The molecule has 1 aliphatic heterocycles. The third-order valence-corrected chi connectivity index (χ3v) is 7.61. The molecule has 2 aromatic rings. The fourth-order valence-electron chi connectivity index (χ4n) is 5.41. The van der Waals surface area contributed by atoms with Crippen LogP contribution < -0.4 is 14.2 Å². The molecule has 1 heterocycles. The molecule has 0 bridgehead atoms. The quantitative estimate of drug-likeness (QED) is 0.114. The molecule has 1 aliphatic rings. The molecule has 0 N–H and O–H groups in total. The van der Waals surface area contributed by atoms with Gasteiger partial charge in [0.25, 0.3) is 0 Å². The van der Waals surface area contributed by atoms with Crippen molar-refractivity contribution in [3.63, 3.8) is 0 Å². The Balaban J connectivity index is 1.33. The van der Waals surface area contributed by atoms with E-state index < -0.39 is 5.97 Å². The van der Waals surface area contributed by atoms with Gasteiger partial charge in [-0.1, -0.05) is 48.5 Å². The minimum atomic E-state index is -0.460. The lowest BCUT2D eigenvalue weighted by molar-refractivity contribution is -0.158. The van der Waals surface area contributed by atoms with Gasteiger partial charge in [0.1, 0.15) is 30.5 Å². The molecular weight excluding hydrogens is 548 g/mol. The molecule has 2 aromatic carbocycles. The molecule has 1 fully saturated rings. The number of ether oxygens (including phenoxy) is 6. The van der Waals surface area contributed by atoms with E-state index in [9.17, 15) is 9.59 Å². The highest BCUT2D eigenvalue weighted by Crippen LogP contribution is 2.40. The highest BCUT2D eigenvalue weighted by Gasteiger charge is 2.41. The predicted octanol–water partition coefficient (Wildman–Crippen LogP) is 7.14. The molecular formula is C35H50O8. The Hall–Kier alpha value is -3.10. The Bertz CT molecular complexity index is 1120. The van der Waals surface area contributed by atoms with E-state index in [-0.39, 0.29) is 41.3 Å². The van der Waals surface area contributed by atoms with Crippen molar-refractivity contribution in [2.45, 2.75) is 67.7 Å². The second kappa shape index (κ2) is 15.6. The van der Waals surface area contributed by atoms with E-state index in [1.165, 1.54) is 0 Å². The van der Waals surface area contributed by atoms with Gasteiger partial charge in [0.05, 0.1) is 37.9 Å². The van der Waals surface area contributed by atoms with Crippen molar-refractivity contribution < 1.29 is 38.0 Å². The third kappa shape index (κ3) is 10.8. The summed E-state index contributed by atoms with van der Waals surface area (Å²) >= 11 is 0. The molecule has 0 spiro atoms. The van der Waals surface area contributed by atoms with Crippen molar-refractivity contribution in [1.82, 2.24) is 0 Å². The van der Waals surface area contributed by atoms with Crippen LogP contribution in [0, 0.1) is 22.2 Å². The van der Waals surface area contributed by atoms with E-state index in [2.05, 4.69) is 6.92 Å². The molecule has 0 unspecified atom stereocenters. The summed E-state index contributed by atoms with van der Waals surface area (Å²) in [5, 5.41) is 0. The van der Waals surface area contributed by atoms with Crippen LogP contribution in [0.15, 0.2) is 48.5 Å². The van der Waals surface area contributed by atoms with Crippen LogP contribution in [-0.2, 0) is 19.0 Å². The van der Waals surface area contributed by atoms with Crippen molar-refractivity contribution in [2.75, 3.05) is 46.2 Å². The number of rotatable bonds is 16. The number of benzene rings is 2. The first kappa shape index (κ1) is 34.4. The minimum absolute atomic E-state index is 0.155. The van der Waals surface area contributed by atoms with Crippen LogP contribution in [0.5, 0.6) is 17.2 Å². The van der Waals surface area contributed by atoms with Crippen molar-refractivity contribution >= 4 is 11.9 Å². The summed E-state index contributed by atoms with van der Waals surface area (Å²) in [4.78, 5) is 25.3. The molecule has 43 heavy (non-hydrogen) atoms. The van der Waals surface area contributed by atoms with Crippen molar-refractivity contribution in [3.05, 3.63) is 54.1 Å². The Morgan fingerprint density at radius 2 is 1.30 bits per heavy atom. The SMILES string of the molecule is CCC1(COCCCCOc2ccc(C(=O)Oc3ccc(OCCOC(=O)C(C(C)(C)C)C(C)(C)C)cc3)cc2)COC1. The number of carbonyl (C=O) groups is 2. The van der Waals surface area contributed by atoms with Crippen LogP contribution in [0.3, 0.4) is 0 Å². The smallest absolute Gasteiger partial charge is 0.343 e. The predicted molar refractivity (Wildman–Crippen MR) is 166 cm³/mol. The molecule has 0 amide bonds. The molecule has 0 aliphatic carbocycles. The molecule has 0 radical (unpaired) electrons. The Labute approximate surface area is 257 Å². The molecule has 3 rings (SSSR count). The molecule has 8 nitrogen and oxygen atoms in total. The molecule has 8 heteroatoms. The summed E-state index contributed by atoms with van der Waals surface area (Å²) < 4.78 is 33.7. The van der Waals surface area contributed by atoms with Gasteiger partial charge in [-0.2, -0.15) is 0 Å². The lowest BCUT2D eigenvalue weighted by Crippen LogP contribution is -2.45. The second-order valence-corrected chi connectivity index (χ2v) is 13.5. The third-order valence-electron chi connectivity index (χ3n) is 7.61. The maximum absolute atomic E-state index is 12.7. The van der Waals surface area contributed by atoms with Gasteiger partial charge in [-0.25, -0.2) is 4.79 Å². The average Bonchev–Trinajstić information content (AvgIpc) is 2.91. The normalized spacial score (nSPS) is 14.6. The van der Waals surface area contributed by atoms with Gasteiger partial charge < -0.3 is 28.4 Å². The lowest BCUT2D eigenvalue weighted by Gasteiger charge is -2.40. The summed E-state index contributed by atoms with van der Waals surface area (Å²) in [5.41, 5.74) is 0.230. The second-order valence-electron chi connectivity index (χ2n) is 13.5. The maximum atomic E-state index is 12.7. The number of esters is 2. The topological polar surface area (TPSA) is 89.5 Å². The van der Waals surface area contributed by atoms with Gasteiger partial charge in [-0.3, -0.25) is 4.79 Å². The van der Waals surface area contributed by atoms with Crippen LogP contribution in [0.25, 0.3) is 0 Å². The fourth-order valence-corrected chi connectivity index (χ4v) is 5.41.